The van der Waals surface area contributed by atoms with Crippen molar-refractivity contribution in [3.63, 3.8) is 0 Å². The van der Waals surface area contributed by atoms with Crippen LogP contribution in [0.25, 0.3) is 0 Å². The maximum Gasteiger partial charge on any atom is 0.309 e. The molecular formula is C21H38NO6+. The Labute approximate surface area is 168 Å². The van der Waals surface area contributed by atoms with E-state index in [-0.39, 0.29) is 43.4 Å². The number of hydrogen-bond donors (Lipinski definition) is 3. The van der Waals surface area contributed by atoms with Gasteiger partial charge in [-0.05, 0) is 32.6 Å². The van der Waals surface area contributed by atoms with Crippen LogP contribution in [0.1, 0.15) is 77.6 Å². The molecule has 0 radical (unpaired) electrons. The fraction of sp³-hybridized carbons (Fsp3) is 0.762. The van der Waals surface area contributed by atoms with E-state index in [2.05, 4.69) is 12.2 Å². The van der Waals surface area contributed by atoms with Gasteiger partial charge < -0.3 is 19.8 Å². The second-order valence-electron chi connectivity index (χ2n) is 7.50. The molecule has 0 heterocycles. The molecule has 0 saturated carbocycles. The van der Waals surface area contributed by atoms with Crippen molar-refractivity contribution in [2.24, 2.45) is 0 Å². The van der Waals surface area contributed by atoms with Crippen LogP contribution in [0.5, 0.6) is 0 Å². The van der Waals surface area contributed by atoms with Crippen LogP contribution in [0.3, 0.4) is 0 Å². The lowest BCUT2D eigenvalue weighted by Gasteiger charge is -2.38. The zero-order valence-corrected chi connectivity index (χ0v) is 17.3. The Hall–Kier alpha value is -1.89. The number of rotatable bonds is 19. The van der Waals surface area contributed by atoms with E-state index in [1.807, 2.05) is 6.92 Å². The van der Waals surface area contributed by atoms with E-state index in [4.69, 9.17) is 15.3 Å². The number of hydrogen-bond acceptors (Lipinski definition) is 3. The van der Waals surface area contributed by atoms with Crippen molar-refractivity contribution in [1.29, 1.82) is 0 Å². The third-order valence-electron chi connectivity index (χ3n) is 5.14. The van der Waals surface area contributed by atoms with Gasteiger partial charge in [-0.2, -0.15) is 0 Å². The van der Waals surface area contributed by atoms with E-state index in [9.17, 15) is 14.4 Å². The number of allylic oxidation sites excluding steroid dienone is 2. The molecule has 0 aromatic heterocycles. The summed E-state index contributed by atoms with van der Waals surface area (Å²) in [5, 5.41) is 27.1. The van der Waals surface area contributed by atoms with Gasteiger partial charge in [0.15, 0.2) is 0 Å². The van der Waals surface area contributed by atoms with Crippen molar-refractivity contribution in [1.82, 2.24) is 0 Å². The van der Waals surface area contributed by atoms with Crippen LogP contribution in [-0.2, 0) is 14.4 Å². The van der Waals surface area contributed by atoms with E-state index >= 15 is 0 Å². The Balaban J connectivity index is 4.47. The Bertz CT molecular complexity index is 444. The Morgan fingerprint density at radius 3 is 1.43 bits per heavy atom. The first kappa shape index (κ1) is 26.1. The molecule has 3 N–H and O–H groups in total. The zero-order chi connectivity index (χ0) is 21.3. The van der Waals surface area contributed by atoms with E-state index in [1.54, 1.807) is 0 Å². The van der Waals surface area contributed by atoms with Crippen molar-refractivity contribution in [3.05, 3.63) is 12.2 Å². The number of carboxylic acids is 3. The summed E-state index contributed by atoms with van der Waals surface area (Å²) in [7, 11) is 0. The zero-order valence-electron chi connectivity index (χ0n) is 17.3. The molecule has 7 heteroatoms. The van der Waals surface area contributed by atoms with Crippen LogP contribution in [0.2, 0.25) is 0 Å². The van der Waals surface area contributed by atoms with Crippen LogP contribution in [0.15, 0.2) is 12.2 Å². The monoisotopic (exact) mass is 400 g/mol. The largest absolute Gasteiger partial charge is 0.481 e. The van der Waals surface area contributed by atoms with Gasteiger partial charge in [0.05, 0.1) is 45.4 Å². The lowest BCUT2D eigenvalue weighted by Crippen LogP contribution is -2.52. The SMILES string of the molecule is C/C=C/CCCCCCCCC[N+](CCC(=O)O)(CCC(=O)O)CCC(=O)O. The fourth-order valence-electron chi connectivity index (χ4n) is 3.43. The van der Waals surface area contributed by atoms with Gasteiger partial charge in [-0.3, -0.25) is 14.4 Å². The van der Waals surface area contributed by atoms with Crippen molar-refractivity contribution in [2.45, 2.75) is 77.6 Å². The number of carbonyl (C=O) groups is 3. The molecule has 28 heavy (non-hydrogen) atoms. The summed E-state index contributed by atoms with van der Waals surface area (Å²) >= 11 is 0. The molecule has 0 aliphatic heterocycles. The average molecular weight is 401 g/mol. The summed E-state index contributed by atoms with van der Waals surface area (Å²) in [6.07, 6.45) is 12.9. The van der Waals surface area contributed by atoms with Crippen LogP contribution < -0.4 is 0 Å². The molecule has 7 nitrogen and oxygen atoms in total. The normalized spacial score (nSPS) is 11.8. The van der Waals surface area contributed by atoms with Crippen LogP contribution >= 0.6 is 0 Å². The topological polar surface area (TPSA) is 112 Å². The molecule has 0 saturated heterocycles. The second-order valence-corrected chi connectivity index (χ2v) is 7.50. The molecule has 0 atom stereocenters. The Kier molecular flexibility index (Phi) is 15.0. The first-order chi connectivity index (χ1) is 13.3. The van der Waals surface area contributed by atoms with Gasteiger partial charge in [0, 0.05) is 0 Å². The highest BCUT2D eigenvalue weighted by Gasteiger charge is 2.29. The van der Waals surface area contributed by atoms with Crippen molar-refractivity contribution in [2.75, 3.05) is 26.2 Å². The third kappa shape index (κ3) is 15.2. The Morgan fingerprint density at radius 2 is 1.04 bits per heavy atom. The minimum absolute atomic E-state index is 0.0779. The standard InChI is InChI=1S/C21H37NO6/c1-2-3-4-5-6-7-8-9-10-11-15-22(16-12-19(23)24,17-13-20(25)26)18-14-21(27)28/h2-3H,4-18H2,1H3,(H2-,23,24,25,26,27,28)/p+1/b3-2+. The number of unbranched alkanes of at least 4 members (excludes halogenated alkanes) is 7. The molecule has 0 bridgehead atoms. The highest BCUT2D eigenvalue weighted by atomic mass is 16.4. The number of nitrogens with zero attached hydrogens (tertiary/aromatic N) is 1. The van der Waals surface area contributed by atoms with Crippen LogP contribution in [0.4, 0.5) is 0 Å². The highest BCUT2D eigenvalue weighted by Crippen LogP contribution is 2.16. The molecule has 0 aliphatic rings. The predicted octanol–water partition coefficient (Wildman–Crippen LogP) is 3.92. The molecule has 0 aromatic rings. The molecule has 0 aliphatic carbocycles. The summed E-state index contributed by atoms with van der Waals surface area (Å²) in [6.45, 7) is 3.50. The van der Waals surface area contributed by atoms with E-state index in [0.717, 1.165) is 32.1 Å². The molecular weight excluding hydrogens is 362 g/mol. The lowest BCUT2D eigenvalue weighted by molar-refractivity contribution is -0.927. The van der Waals surface area contributed by atoms with Gasteiger partial charge in [0.2, 0.25) is 0 Å². The van der Waals surface area contributed by atoms with Crippen LogP contribution in [-0.4, -0.2) is 63.9 Å². The quantitative estimate of drug-likeness (QED) is 0.172. The van der Waals surface area contributed by atoms with Gasteiger partial charge in [-0.25, -0.2) is 0 Å². The maximum atomic E-state index is 11.0. The summed E-state index contributed by atoms with van der Waals surface area (Å²) in [5.74, 6) is -2.82. The molecule has 0 aromatic carbocycles. The van der Waals surface area contributed by atoms with Gasteiger partial charge in [0.1, 0.15) is 0 Å². The first-order valence-corrected chi connectivity index (χ1v) is 10.4. The van der Waals surface area contributed by atoms with Gasteiger partial charge in [-0.15, -0.1) is 0 Å². The van der Waals surface area contributed by atoms with Gasteiger partial charge in [-0.1, -0.05) is 37.8 Å². The molecule has 0 rings (SSSR count). The Morgan fingerprint density at radius 1 is 0.643 bits per heavy atom. The third-order valence-corrected chi connectivity index (χ3v) is 5.14. The maximum absolute atomic E-state index is 11.0. The van der Waals surface area contributed by atoms with Gasteiger partial charge in [0.25, 0.3) is 0 Å². The molecule has 0 spiro atoms. The smallest absolute Gasteiger partial charge is 0.309 e. The first-order valence-electron chi connectivity index (χ1n) is 10.4. The lowest BCUT2D eigenvalue weighted by atomic mass is 10.1. The number of carboxylic acid groups (broad SMARTS) is 3. The number of quaternary nitrogens is 1. The van der Waals surface area contributed by atoms with Crippen molar-refractivity contribution >= 4 is 17.9 Å². The van der Waals surface area contributed by atoms with Gasteiger partial charge >= 0.3 is 17.9 Å². The minimum Gasteiger partial charge on any atom is -0.481 e. The van der Waals surface area contributed by atoms with Crippen molar-refractivity contribution < 1.29 is 34.2 Å². The average Bonchev–Trinajstić information content (AvgIpc) is 2.63. The molecule has 0 amide bonds. The molecule has 0 fully saturated rings. The molecule has 0 unspecified atom stereocenters. The van der Waals surface area contributed by atoms with Crippen molar-refractivity contribution in [3.8, 4) is 0 Å². The summed E-state index contributed by atoms with van der Waals surface area (Å²) < 4.78 is 0.258. The fourth-order valence-corrected chi connectivity index (χ4v) is 3.43. The summed E-state index contributed by atoms with van der Waals surface area (Å²) in [5.41, 5.74) is 0. The summed E-state index contributed by atoms with van der Waals surface area (Å²) in [4.78, 5) is 33.1. The predicted molar refractivity (Wildman–Crippen MR) is 108 cm³/mol. The number of aliphatic carboxylic acids is 3. The summed E-state index contributed by atoms with van der Waals surface area (Å²) in [6, 6.07) is 0. The van der Waals surface area contributed by atoms with Crippen LogP contribution in [0, 0.1) is 0 Å². The minimum atomic E-state index is -0.939. The highest BCUT2D eigenvalue weighted by molar-refractivity contribution is 5.67. The van der Waals surface area contributed by atoms with E-state index < -0.39 is 17.9 Å². The van der Waals surface area contributed by atoms with E-state index in [1.165, 1.54) is 19.3 Å². The van der Waals surface area contributed by atoms with E-state index in [0.29, 0.717) is 6.54 Å². The second kappa shape index (κ2) is 16.1. The molecule has 162 valence electrons.